The van der Waals surface area contributed by atoms with E-state index in [1.165, 1.54) is 11.3 Å². The van der Waals surface area contributed by atoms with Crippen molar-refractivity contribution in [2.75, 3.05) is 0 Å². The van der Waals surface area contributed by atoms with Gasteiger partial charge in [0.25, 0.3) is 0 Å². The first-order valence-corrected chi connectivity index (χ1v) is 7.73. The van der Waals surface area contributed by atoms with E-state index >= 15 is 0 Å². The van der Waals surface area contributed by atoms with E-state index in [0.29, 0.717) is 0 Å². The van der Waals surface area contributed by atoms with Crippen molar-refractivity contribution in [2.24, 2.45) is 5.41 Å². The zero-order valence-electron chi connectivity index (χ0n) is 12.5. The molecular weight excluding hydrogens is 248 g/mol. The molecule has 3 nitrogen and oxygen atoms in total. The van der Waals surface area contributed by atoms with Crippen LogP contribution in [0.2, 0.25) is 0 Å². The third-order valence-corrected chi connectivity index (χ3v) is 4.58. The molecule has 1 heterocycles. The van der Waals surface area contributed by atoms with Gasteiger partial charge in [0, 0.05) is 13.0 Å². The topological polar surface area (TPSA) is 38.0 Å². The molecule has 108 valence electrons. The minimum absolute atomic E-state index is 0.121. The number of aromatic nitrogens is 2. The molecule has 1 aliphatic rings. The van der Waals surface area contributed by atoms with Crippen LogP contribution in [0.1, 0.15) is 45.4 Å². The largest absolute Gasteiger partial charge is 0.393 e. The molecule has 3 rings (SSSR count). The van der Waals surface area contributed by atoms with Gasteiger partial charge in [0.2, 0.25) is 0 Å². The van der Waals surface area contributed by atoms with Gasteiger partial charge in [-0.05, 0) is 43.2 Å². The Hall–Kier alpha value is -1.35. The van der Waals surface area contributed by atoms with Crippen LogP contribution in [0.5, 0.6) is 0 Å². The molecule has 1 fully saturated rings. The van der Waals surface area contributed by atoms with Gasteiger partial charge in [0.15, 0.2) is 0 Å². The number of rotatable bonds is 4. The van der Waals surface area contributed by atoms with Gasteiger partial charge in [0.1, 0.15) is 5.82 Å². The number of imidazole rings is 1. The van der Waals surface area contributed by atoms with E-state index in [-0.39, 0.29) is 11.5 Å². The first-order valence-electron chi connectivity index (χ1n) is 7.73. The number of fused-ring (bicyclic) bond motifs is 1. The lowest BCUT2D eigenvalue weighted by atomic mass is 9.84. The van der Waals surface area contributed by atoms with E-state index in [2.05, 4.69) is 42.7 Å². The van der Waals surface area contributed by atoms with E-state index in [1.54, 1.807) is 0 Å². The minimum Gasteiger partial charge on any atom is -0.393 e. The summed E-state index contributed by atoms with van der Waals surface area (Å²) >= 11 is 0. The fourth-order valence-electron chi connectivity index (χ4n) is 3.56. The number of benzene rings is 1. The molecule has 3 heteroatoms. The number of hydrogen-bond acceptors (Lipinski definition) is 2. The first kappa shape index (κ1) is 13.6. The van der Waals surface area contributed by atoms with Gasteiger partial charge < -0.3 is 9.67 Å². The highest BCUT2D eigenvalue weighted by Gasteiger charge is 2.35. The molecule has 2 aromatic rings. The highest BCUT2D eigenvalue weighted by Crippen LogP contribution is 2.40. The van der Waals surface area contributed by atoms with E-state index in [0.717, 1.165) is 44.2 Å². The standard InChI is InChI=1S/C17H24N2O/c1-3-10-19-15-7-5-4-6-14(15)18-16(19)12-17(2)9-8-13(20)11-17/h4-7,13,20H,3,8-12H2,1-2H3. The van der Waals surface area contributed by atoms with Crippen LogP contribution in [0.3, 0.4) is 0 Å². The van der Waals surface area contributed by atoms with Crippen molar-refractivity contribution < 1.29 is 5.11 Å². The Labute approximate surface area is 120 Å². The molecule has 0 amide bonds. The Bertz CT molecular complexity index is 604. The summed E-state index contributed by atoms with van der Waals surface area (Å²) < 4.78 is 2.37. The predicted molar refractivity (Wildman–Crippen MR) is 81.7 cm³/mol. The summed E-state index contributed by atoms with van der Waals surface area (Å²) in [5.41, 5.74) is 2.54. The highest BCUT2D eigenvalue weighted by molar-refractivity contribution is 5.75. The average molecular weight is 272 g/mol. The molecule has 1 aliphatic carbocycles. The van der Waals surface area contributed by atoms with Crippen LogP contribution in [-0.4, -0.2) is 20.8 Å². The zero-order valence-corrected chi connectivity index (χ0v) is 12.5. The Morgan fingerprint density at radius 2 is 2.20 bits per heavy atom. The summed E-state index contributed by atoms with van der Waals surface area (Å²) in [4.78, 5) is 4.85. The van der Waals surface area contributed by atoms with Crippen molar-refractivity contribution >= 4 is 11.0 Å². The van der Waals surface area contributed by atoms with Crippen molar-refractivity contribution in [3.63, 3.8) is 0 Å². The molecule has 2 atom stereocenters. The van der Waals surface area contributed by atoms with Crippen LogP contribution in [0.4, 0.5) is 0 Å². The minimum atomic E-state index is -0.121. The van der Waals surface area contributed by atoms with Crippen molar-refractivity contribution in [2.45, 2.75) is 58.6 Å². The smallest absolute Gasteiger partial charge is 0.110 e. The Morgan fingerprint density at radius 1 is 1.40 bits per heavy atom. The molecular formula is C17H24N2O. The van der Waals surface area contributed by atoms with Crippen molar-refractivity contribution in [3.05, 3.63) is 30.1 Å². The van der Waals surface area contributed by atoms with Crippen LogP contribution in [0.25, 0.3) is 11.0 Å². The first-order chi connectivity index (χ1) is 9.61. The van der Waals surface area contributed by atoms with Gasteiger partial charge in [0.05, 0.1) is 17.1 Å². The lowest BCUT2D eigenvalue weighted by Gasteiger charge is -2.23. The fourth-order valence-corrected chi connectivity index (χ4v) is 3.56. The van der Waals surface area contributed by atoms with Gasteiger partial charge >= 0.3 is 0 Å². The normalized spacial score (nSPS) is 26.4. The molecule has 1 aromatic heterocycles. The number of aliphatic hydroxyl groups excluding tert-OH is 1. The SMILES string of the molecule is CCCn1c(CC2(C)CCC(O)C2)nc2ccccc21. The Kier molecular flexibility index (Phi) is 3.55. The van der Waals surface area contributed by atoms with Crippen LogP contribution in [-0.2, 0) is 13.0 Å². The van der Waals surface area contributed by atoms with Crippen LogP contribution >= 0.6 is 0 Å². The molecule has 0 aliphatic heterocycles. The van der Waals surface area contributed by atoms with Gasteiger partial charge in [-0.25, -0.2) is 4.98 Å². The number of aliphatic hydroxyl groups is 1. The summed E-state index contributed by atoms with van der Waals surface area (Å²) in [6.07, 6.45) is 4.91. The molecule has 1 aromatic carbocycles. The average Bonchev–Trinajstić information content (AvgIpc) is 2.92. The molecule has 2 unspecified atom stereocenters. The predicted octanol–water partition coefficient (Wildman–Crippen LogP) is 3.54. The monoisotopic (exact) mass is 272 g/mol. The summed E-state index contributed by atoms with van der Waals surface area (Å²) in [6, 6.07) is 8.39. The molecule has 0 radical (unpaired) electrons. The van der Waals surface area contributed by atoms with E-state index in [4.69, 9.17) is 4.98 Å². The maximum Gasteiger partial charge on any atom is 0.110 e. The summed E-state index contributed by atoms with van der Waals surface area (Å²) in [5, 5.41) is 9.83. The second-order valence-corrected chi connectivity index (χ2v) is 6.55. The summed E-state index contributed by atoms with van der Waals surface area (Å²) in [6.45, 7) is 5.52. The summed E-state index contributed by atoms with van der Waals surface area (Å²) in [7, 11) is 0. The third-order valence-electron chi connectivity index (χ3n) is 4.58. The Balaban J connectivity index is 1.96. The third kappa shape index (κ3) is 2.47. The number of aryl methyl sites for hydroxylation is 1. The lowest BCUT2D eigenvalue weighted by molar-refractivity contribution is 0.162. The van der Waals surface area contributed by atoms with E-state index in [1.807, 2.05) is 0 Å². The van der Waals surface area contributed by atoms with E-state index in [9.17, 15) is 5.11 Å². The molecule has 0 bridgehead atoms. The number of hydrogen-bond donors (Lipinski definition) is 1. The molecule has 1 saturated carbocycles. The maximum absolute atomic E-state index is 9.83. The Morgan fingerprint density at radius 3 is 2.90 bits per heavy atom. The quantitative estimate of drug-likeness (QED) is 0.924. The lowest BCUT2D eigenvalue weighted by Crippen LogP contribution is -2.19. The second kappa shape index (κ2) is 5.21. The highest BCUT2D eigenvalue weighted by atomic mass is 16.3. The van der Waals surface area contributed by atoms with Crippen molar-refractivity contribution in [1.82, 2.24) is 9.55 Å². The molecule has 1 N–H and O–H groups in total. The maximum atomic E-state index is 9.83. The molecule has 0 saturated heterocycles. The number of para-hydroxylation sites is 2. The number of nitrogens with zero attached hydrogens (tertiary/aromatic N) is 2. The fraction of sp³-hybridized carbons (Fsp3) is 0.588. The summed E-state index contributed by atoms with van der Waals surface area (Å²) in [5.74, 6) is 1.18. The zero-order chi connectivity index (χ0) is 14.2. The van der Waals surface area contributed by atoms with Crippen molar-refractivity contribution in [1.29, 1.82) is 0 Å². The van der Waals surface area contributed by atoms with Crippen LogP contribution < -0.4 is 0 Å². The van der Waals surface area contributed by atoms with Crippen LogP contribution in [0, 0.1) is 5.41 Å². The van der Waals surface area contributed by atoms with Gasteiger partial charge in [-0.2, -0.15) is 0 Å². The molecule has 20 heavy (non-hydrogen) atoms. The van der Waals surface area contributed by atoms with Gasteiger partial charge in [-0.15, -0.1) is 0 Å². The van der Waals surface area contributed by atoms with Gasteiger partial charge in [-0.1, -0.05) is 26.0 Å². The molecule has 0 spiro atoms. The van der Waals surface area contributed by atoms with Crippen LogP contribution in [0.15, 0.2) is 24.3 Å². The van der Waals surface area contributed by atoms with Gasteiger partial charge in [-0.3, -0.25) is 0 Å². The second-order valence-electron chi connectivity index (χ2n) is 6.55. The van der Waals surface area contributed by atoms with E-state index < -0.39 is 0 Å². The van der Waals surface area contributed by atoms with Crippen molar-refractivity contribution in [3.8, 4) is 0 Å².